The zero-order valence-corrected chi connectivity index (χ0v) is 25.9. The molecule has 3 N–H and O–H groups in total. The minimum Gasteiger partial charge on any atom is -0.378 e. The summed E-state index contributed by atoms with van der Waals surface area (Å²) in [7, 11) is 3.19. The molecule has 1 aliphatic rings. The number of halogens is 1. The molecule has 10 nitrogen and oxygen atoms in total. The van der Waals surface area contributed by atoms with Gasteiger partial charge in [0, 0.05) is 42.5 Å². The monoisotopic (exact) mass is 625 g/mol. The molecule has 4 aromatic rings. The van der Waals surface area contributed by atoms with Crippen molar-refractivity contribution >= 4 is 29.0 Å². The van der Waals surface area contributed by atoms with Gasteiger partial charge < -0.3 is 30.2 Å². The molecule has 0 saturated carbocycles. The van der Waals surface area contributed by atoms with Crippen molar-refractivity contribution in [2.45, 2.75) is 19.5 Å². The maximum atomic E-state index is 14.1. The lowest BCUT2D eigenvalue weighted by Gasteiger charge is -2.29. The van der Waals surface area contributed by atoms with E-state index in [1.807, 2.05) is 6.07 Å². The van der Waals surface area contributed by atoms with Gasteiger partial charge >= 0.3 is 0 Å². The number of anilines is 2. The lowest BCUT2D eigenvalue weighted by Crippen LogP contribution is -2.37. The molecular formula is C35H36FN5O5. The molecule has 3 aromatic carbocycles. The molecular weight excluding hydrogens is 589 g/mol. The van der Waals surface area contributed by atoms with Crippen molar-refractivity contribution in [2.24, 2.45) is 0 Å². The second-order valence-corrected chi connectivity index (χ2v) is 11.0. The molecule has 1 fully saturated rings. The molecule has 2 heterocycles. The topological polar surface area (TPSA) is 122 Å². The van der Waals surface area contributed by atoms with Gasteiger partial charge in [0.1, 0.15) is 11.5 Å². The van der Waals surface area contributed by atoms with E-state index < -0.39 is 17.4 Å². The zero-order chi connectivity index (χ0) is 32.8. The van der Waals surface area contributed by atoms with Gasteiger partial charge in [0.15, 0.2) is 5.78 Å². The highest BCUT2D eigenvalue weighted by molar-refractivity contribution is 6.09. The van der Waals surface area contributed by atoms with Crippen LogP contribution in [-0.2, 0) is 16.1 Å². The van der Waals surface area contributed by atoms with E-state index in [4.69, 9.17) is 4.74 Å². The van der Waals surface area contributed by atoms with Gasteiger partial charge in [-0.1, -0.05) is 12.1 Å². The van der Waals surface area contributed by atoms with Crippen molar-refractivity contribution in [1.29, 1.82) is 0 Å². The highest BCUT2D eigenvalue weighted by atomic mass is 19.1. The average Bonchev–Trinajstić information content (AvgIpc) is 3.09. The molecule has 1 aliphatic heterocycles. The summed E-state index contributed by atoms with van der Waals surface area (Å²) in [5, 5.41) is 8.20. The molecule has 0 unspecified atom stereocenters. The first-order valence-electron chi connectivity index (χ1n) is 15.0. The Bertz CT molecular complexity index is 1820. The number of likely N-dealkylation sites (N-methyl/N-ethyl adjacent to an activating group) is 1. The number of nitrogens with zero attached hydrogens (tertiary/aromatic N) is 2. The molecule has 0 bridgehead atoms. The number of morpholine rings is 1. The lowest BCUT2D eigenvalue weighted by molar-refractivity contribution is -0.117. The number of hydrogen-bond acceptors (Lipinski definition) is 7. The molecule has 2 amide bonds. The molecule has 5 rings (SSSR count). The second kappa shape index (κ2) is 14.3. The van der Waals surface area contributed by atoms with Gasteiger partial charge in [-0.25, -0.2) is 4.39 Å². The molecule has 0 radical (unpaired) electrons. The third kappa shape index (κ3) is 7.22. The van der Waals surface area contributed by atoms with Crippen molar-refractivity contribution in [2.75, 3.05) is 50.6 Å². The summed E-state index contributed by atoms with van der Waals surface area (Å²) in [6.45, 7) is 4.04. The number of ketones is 1. The van der Waals surface area contributed by atoms with Crippen molar-refractivity contribution in [3.8, 4) is 11.3 Å². The Hall–Kier alpha value is -5.13. The van der Waals surface area contributed by atoms with Gasteiger partial charge in [0.2, 0.25) is 5.91 Å². The molecule has 0 aliphatic carbocycles. The number of nitrogens with one attached hydrogen (secondary N) is 3. The van der Waals surface area contributed by atoms with E-state index in [1.165, 1.54) is 28.8 Å². The van der Waals surface area contributed by atoms with Crippen LogP contribution >= 0.6 is 0 Å². The van der Waals surface area contributed by atoms with E-state index in [0.717, 1.165) is 5.69 Å². The predicted octanol–water partition coefficient (Wildman–Crippen LogP) is 3.68. The van der Waals surface area contributed by atoms with Crippen LogP contribution in [0.4, 0.5) is 15.8 Å². The molecule has 238 valence electrons. The first-order chi connectivity index (χ1) is 22.2. The van der Waals surface area contributed by atoms with Crippen LogP contribution in [0.5, 0.6) is 0 Å². The number of hydrogen-bond donors (Lipinski definition) is 3. The molecule has 46 heavy (non-hydrogen) atoms. The van der Waals surface area contributed by atoms with Gasteiger partial charge in [-0.2, -0.15) is 0 Å². The number of amides is 2. The molecule has 1 atom stereocenters. The summed E-state index contributed by atoms with van der Waals surface area (Å²) >= 11 is 0. The number of rotatable bonds is 10. The van der Waals surface area contributed by atoms with Crippen LogP contribution in [0, 0.1) is 5.82 Å². The third-order valence-corrected chi connectivity index (χ3v) is 7.97. The SMILES string of the molecule is CNC(=O)c1cccc(-c2ccc(NC(=O)[C@H](C)NC)c(=O)n2Cc2cc(C(=O)c3ccc(F)cc3)cc(N3CCOCC3)c2)c1. The fourth-order valence-electron chi connectivity index (χ4n) is 5.27. The predicted molar refractivity (Wildman–Crippen MR) is 175 cm³/mol. The number of aromatic nitrogens is 1. The normalized spacial score (nSPS) is 13.6. The van der Waals surface area contributed by atoms with Crippen LogP contribution in [0.25, 0.3) is 11.3 Å². The van der Waals surface area contributed by atoms with Crippen molar-refractivity contribution in [1.82, 2.24) is 15.2 Å². The summed E-state index contributed by atoms with van der Waals surface area (Å²) < 4.78 is 20.7. The average molecular weight is 626 g/mol. The lowest BCUT2D eigenvalue weighted by atomic mass is 9.99. The Morgan fingerprint density at radius 2 is 1.63 bits per heavy atom. The van der Waals surface area contributed by atoms with Crippen LogP contribution in [0.3, 0.4) is 0 Å². The van der Waals surface area contributed by atoms with Crippen molar-refractivity contribution in [3.63, 3.8) is 0 Å². The van der Waals surface area contributed by atoms with Crippen LogP contribution < -0.4 is 26.4 Å². The maximum absolute atomic E-state index is 14.1. The van der Waals surface area contributed by atoms with Gasteiger partial charge in [-0.3, -0.25) is 19.2 Å². The van der Waals surface area contributed by atoms with Crippen LogP contribution in [0.1, 0.15) is 38.8 Å². The summed E-state index contributed by atoms with van der Waals surface area (Å²) in [4.78, 5) is 55.0. The molecule has 1 aromatic heterocycles. The Morgan fingerprint density at radius 3 is 2.33 bits per heavy atom. The summed E-state index contributed by atoms with van der Waals surface area (Å²) in [5.74, 6) is -1.38. The van der Waals surface area contributed by atoms with E-state index in [9.17, 15) is 23.6 Å². The first kappa shape index (κ1) is 32.3. The highest BCUT2D eigenvalue weighted by Crippen LogP contribution is 2.26. The van der Waals surface area contributed by atoms with Crippen molar-refractivity contribution < 1.29 is 23.5 Å². The van der Waals surface area contributed by atoms with Gasteiger partial charge in [0.05, 0.1) is 31.5 Å². The summed E-state index contributed by atoms with van der Waals surface area (Å²) in [5.41, 5.74) is 3.34. The molecule has 11 heteroatoms. The maximum Gasteiger partial charge on any atom is 0.275 e. The van der Waals surface area contributed by atoms with E-state index in [2.05, 4.69) is 20.9 Å². The summed E-state index contributed by atoms with van der Waals surface area (Å²) in [6, 6.07) is 20.5. The first-order valence-corrected chi connectivity index (χ1v) is 15.0. The van der Waals surface area contributed by atoms with E-state index in [1.54, 1.807) is 69.6 Å². The van der Waals surface area contributed by atoms with Crippen molar-refractivity contribution in [3.05, 3.63) is 117 Å². The van der Waals surface area contributed by atoms with Gasteiger partial charge in [0.25, 0.3) is 11.5 Å². The third-order valence-electron chi connectivity index (χ3n) is 7.97. The van der Waals surface area contributed by atoms with Crippen LogP contribution in [0.15, 0.2) is 83.7 Å². The number of carbonyl (C=O) groups is 3. The zero-order valence-electron chi connectivity index (χ0n) is 25.9. The largest absolute Gasteiger partial charge is 0.378 e. The Morgan fingerprint density at radius 1 is 0.891 bits per heavy atom. The fraction of sp³-hybridized carbons (Fsp3) is 0.257. The van der Waals surface area contributed by atoms with E-state index >= 15 is 0 Å². The Labute approximate surface area is 266 Å². The number of ether oxygens (including phenoxy) is 1. The van der Waals surface area contributed by atoms with E-state index in [-0.39, 0.29) is 29.8 Å². The Kier molecular flexibility index (Phi) is 10.0. The number of benzene rings is 3. The van der Waals surface area contributed by atoms with E-state index in [0.29, 0.717) is 59.8 Å². The quantitative estimate of drug-likeness (QED) is 0.230. The Balaban J connectivity index is 1.64. The van der Waals surface area contributed by atoms with Gasteiger partial charge in [-0.15, -0.1) is 0 Å². The minimum atomic E-state index is -0.540. The smallest absolute Gasteiger partial charge is 0.275 e. The highest BCUT2D eigenvalue weighted by Gasteiger charge is 2.20. The number of pyridine rings is 1. The second-order valence-electron chi connectivity index (χ2n) is 11.0. The standard InChI is InChI=1S/C35H36FN5O5/c1-22(37-2)33(43)39-30-11-12-31(25-5-4-6-26(19-25)34(44)38-3)41(35(30)45)21-23-17-27(32(42)24-7-9-28(36)10-8-24)20-29(18-23)40-13-15-46-16-14-40/h4-12,17-20,22,37H,13-16,21H2,1-3H3,(H,38,44)(H,39,43)/t22-/m0/s1. The van der Waals surface area contributed by atoms with Crippen LogP contribution in [0.2, 0.25) is 0 Å². The summed E-state index contributed by atoms with van der Waals surface area (Å²) in [6.07, 6.45) is 0. The molecule has 1 saturated heterocycles. The minimum absolute atomic E-state index is 0.0472. The fourth-order valence-corrected chi connectivity index (χ4v) is 5.27. The van der Waals surface area contributed by atoms with Crippen LogP contribution in [-0.4, -0.2) is 68.6 Å². The molecule has 0 spiro atoms. The van der Waals surface area contributed by atoms with Gasteiger partial charge in [-0.05, 0) is 91.8 Å². The number of carbonyl (C=O) groups excluding carboxylic acids is 3.